The molecule has 0 saturated heterocycles. The maximum Gasteiger partial charge on any atom is 0.343 e. The molecule has 7 heteroatoms. The average Bonchev–Trinajstić information content (AvgIpc) is 3.16. The Balaban J connectivity index is 1.52. The maximum absolute atomic E-state index is 12.1. The summed E-state index contributed by atoms with van der Waals surface area (Å²) < 4.78 is 6.15. The highest BCUT2D eigenvalue weighted by Gasteiger charge is 2.08. The molecule has 0 fully saturated rings. The first-order valence-corrected chi connectivity index (χ1v) is 9.69. The lowest BCUT2D eigenvalue weighted by atomic mass is 10.2. The number of rotatable bonds is 6. The van der Waals surface area contributed by atoms with Gasteiger partial charge in [-0.1, -0.05) is 28.1 Å². The second-order valence-corrected chi connectivity index (χ2v) is 7.47. The van der Waals surface area contributed by atoms with Gasteiger partial charge in [0.25, 0.3) is 0 Å². The molecule has 27 heavy (non-hydrogen) atoms. The predicted octanol–water partition coefficient (Wildman–Crippen LogP) is 4.42. The van der Waals surface area contributed by atoms with Crippen LogP contribution in [0.15, 0.2) is 75.6 Å². The minimum absolute atomic E-state index is 0.173. The van der Waals surface area contributed by atoms with Crippen LogP contribution in [-0.4, -0.2) is 18.1 Å². The molecule has 0 radical (unpaired) electrons. The van der Waals surface area contributed by atoms with Gasteiger partial charge in [-0.25, -0.2) is 10.2 Å². The molecule has 1 N–H and O–H groups in total. The van der Waals surface area contributed by atoms with Crippen molar-refractivity contribution in [2.75, 3.05) is 0 Å². The fraction of sp³-hybridized carbons (Fsp3) is 0.0500. The third-order valence-electron chi connectivity index (χ3n) is 3.47. The van der Waals surface area contributed by atoms with Gasteiger partial charge in [0.2, 0.25) is 5.91 Å². The lowest BCUT2D eigenvalue weighted by Gasteiger charge is -2.05. The number of carbonyl (C=O) groups excluding carboxylic acids is 2. The molecule has 0 bridgehead atoms. The Kier molecular flexibility index (Phi) is 6.51. The Labute approximate surface area is 168 Å². The van der Waals surface area contributed by atoms with Crippen LogP contribution in [0.3, 0.4) is 0 Å². The van der Waals surface area contributed by atoms with E-state index in [1.807, 2.05) is 23.6 Å². The minimum Gasteiger partial charge on any atom is -0.423 e. The zero-order valence-electron chi connectivity index (χ0n) is 14.1. The molecule has 0 saturated carbocycles. The molecule has 0 atom stereocenters. The van der Waals surface area contributed by atoms with Crippen molar-refractivity contribution in [3.8, 4) is 5.75 Å². The number of nitrogens with zero attached hydrogens (tertiary/aromatic N) is 1. The predicted molar refractivity (Wildman–Crippen MR) is 109 cm³/mol. The van der Waals surface area contributed by atoms with Crippen molar-refractivity contribution in [3.63, 3.8) is 0 Å². The first kappa shape index (κ1) is 19.0. The van der Waals surface area contributed by atoms with Crippen molar-refractivity contribution in [3.05, 3.63) is 86.5 Å². The third-order valence-corrected chi connectivity index (χ3v) is 4.84. The lowest BCUT2D eigenvalue weighted by molar-refractivity contribution is -0.120. The van der Waals surface area contributed by atoms with Gasteiger partial charge < -0.3 is 4.74 Å². The molecule has 5 nitrogen and oxygen atoms in total. The smallest absolute Gasteiger partial charge is 0.343 e. The molecular weight excluding hydrogens is 428 g/mol. The van der Waals surface area contributed by atoms with Gasteiger partial charge in [0, 0.05) is 9.35 Å². The standard InChI is InChI=1S/C20H15BrN2O3S/c21-16-4-1-3-15(11-16)20(25)26-17-8-6-14(7-9-17)13-22-23-19(24)12-18-5-2-10-27-18/h1-11,13H,12H2,(H,23,24)/b22-13+. The third kappa shape index (κ3) is 5.87. The summed E-state index contributed by atoms with van der Waals surface area (Å²) in [4.78, 5) is 24.9. The molecule has 0 unspecified atom stereocenters. The number of carbonyl (C=O) groups is 2. The number of benzene rings is 2. The van der Waals surface area contributed by atoms with Crippen LogP contribution >= 0.6 is 27.3 Å². The van der Waals surface area contributed by atoms with Gasteiger partial charge in [0.1, 0.15) is 5.75 Å². The van der Waals surface area contributed by atoms with Crippen LogP contribution in [0.25, 0.3) is 0 Å². The molecule has 3 rings (SSSR count). The summed E-state index contributed by atoms with van der Waals surface area (Å²) >= 11 is 4.85. The van der Waals surface area contributed by atoms with Gasteiger partial charge in [0.05, 0.1) is 18.2 Å². The number of nitrogens with one attached hydrogen (secondary N) is 1. The molecule has 0 aliphatic rings. The molecule has 3 aromatic rings. The van der Waals surface area contributed by atoms with Gasteiger partial charge in [-0.05, 0) is 59.5 Å². The topological polar surface area (TPSA) is 67.8 Å². The quantitative estimate of drug-likeness (QED) is 0.265. The molecule has 2 aromatic carbocycles. The SMILES string of the molecule is O=C(Cc1cccs1)N/N=C/c1ccc(OC(=O)c2cccc(Br)c2)cc1. The fourth-order valence-corrected chi connectivity index (χ4v) is 3.30. The van der Waals surface area contributed by atoms with Crippen LogP contribution in [0.2, 0.25) is 0 Å². The van der Waals surface area contributed by atoms with E-state index in [2.05, 4.69) is 26.5 Å². The zero-order chi connectivity index (χ0) is 19.1. The minimum atomic E-state index is -0.432. The van der Waals surface area contributed by atoms with Crippen LogP contribution in [0, 0.1) is 0 Å². The summed E-state index contributed by atoms with van der Waals surface area (Å²) in [6.07, 6.45) is 1.84. The van der Waals surface area contributed by atoms with Crippen molar-refractivity contribution < 1.29 is 14.3 Å². The zero-order valence-corrected chi connectivity index (χ0v) is 16.5. The highest BCUT2D eigenvalue weighted by Crippen LogP contribution is 2.16. The summed E-state index contributed by atoms with van der Waals surface area (Å²) in [5, 5.41) is 5.86. The number of esters is 1. The molecule has 0 aliphatic carbocycles. The molecule has 0 aliphatic heterocycles. The summed E-state index contributed by atoms with van der Waals surface area (Å²) in [5.74, 6) is -0.175. The highest BCUT2D eigenvalue weighted by molar-refractivity contribution is 9.10. The van der Waals surface area contributed by atoms with Crippen LogP contribution in [0.5, 0.6) is 5.75 Å². The van der Waals surface area contributed by atoms with Crippen molar-refractivity contribution in [2.45, 2.75) is 6.42 Å². The first-order valence-electron chi connectivity index (χ1n) is 8.02. The van der Waals surface area contributed by atoms with E-state index in [1.165, 1.54) is 17.6 Å². The van der Waals surface area contributed by atoms with Crippen molar-refractivity contribution >= 4 is 45.4 Å². The monoisotopic (exact) mass is 442 g/mol. The average molecular weight is 443 g/mol. The number of hydrazone groups is 1. The van der Waals surface area contributed by atoms with Crippen molar-refractivity contribution in [2.24, 2.45) is 5.10 Å². The fourth-order valence-electron chi connectivity index (χ4n) is 2.19. The summed E-state index contributed by atoms with van der Waals surface area (Å²) in [7, 11) is 0. The van der Waals surface area contributed by atoms with Gasteiger partial charge >= 0.3 is 5.97 Å². The molecule has 1 amide bonds. The van der Waals surface area contributed by atoms with E-state index in [-0.39, 0.29) is 5.91 Å². The molecular formula is C20H15BrN2O3S. The molecule has 1 aromatic heterocycles. The van der Waals surface area contributed by atoms with E-state index in [0.717, 1.165) is 14.9 Å². The van der Waals surface area contributed by atoms with Crippen LogP contribution in [0.4, 0.5) is 0 Å². The molecule has 136 valence electrons. The van der Waals surface area contributed by atoms with E-state index in [1.54, 1.807) is 42.5 Å². The van der Waals surface area contributed by atoms with E-state index in [9.17, 15) is 9.59 Å². The lowest BCUT2D eigenvalue weighted by Crippen LogP contribution is -2.19. The second kappa shape index (κ2) is 9.25. The van der Waals surface area contributed by atoms with Crippen LogP contribution in [-0.2, 0) is 11.2 Å². The second-order valence-electron chi connectivity index (χ2n) is 5.52. The largest absolute Gasteiger partial charge is 0.423 e. The Bertz CT molecular complexity index is 954. The summed E-state index contributed by atoms with van der Waals surface area (Å²) in [6.45, 7) is 0. The Morgan fingerprint density at radius 2 is 1.93 bits per heavy atom. The number of thiophene rings is 1. The van der Waals surface area contributed by atoms with Crippen LogP contribution < -0.4 is 10.2 Å². The number of amides is 1. The van der Waals surface area contributed by atoms with Gasteiger partial charge in [-0.3, -0.25) is 4.79 Å². The molecule has 0 spiro atoms. The Hall–Kier alpha value is -2.77. The van der Waals surface area contributed by atoms with Gasteiger partial charge in [-0.2, -0.15) is 5.10 Å². The maximum atomic E-state index is 12.1. The summed E-state index contributed by atoms with van der Waals surface area (Å²) in [5.41, 5.74) is 3.72. The normalized spacial score (nSPS) is 10.7. The first-order chi connectivity index (χ1) is 13.1. The van der Waals surface area contributed by atoms with E-state index in [4.69, 9.17) is 4.74 Å². The van der Waals surface area contributed by atoms with Crippen LogP contribution in [0.1, 0.15) is 20.8 Å². The highest BCUT2D eigenvalue weighted by atomic mass is 79.9. The van der Waals surface area contributed by atoms with Crippen molar-refractivity contribution in [1.82, 2.24) is 5.43 Å². The number of hydrogen-bond acceptors (Lipinski definition) is 5. The van der Waals surface area contributed by atoms with Gasteiger partial charge in [0.15, 0.2) is 0 Å². The van der Waals surface area contributed by atoms with E-state index < -0.39 is 5.97 Å². The Morgan fingerprint density at radius 3 is 2.63 bits per heavy atom. The summed E-state index contributed by atoms with van der Waals surface area (Å²) in [6, 6.07) is 17.6. The number of ether oxygens (including phenoxy) is 1. The number of hydrogen-bond donors (Lipinski definition) is 1. The van der Waals surface area contributed by atoms with Crippen molar-refractivity contribution in [1.29, 1.82) is 0 Å². The van der Waals surface area contributed by atoms with E-state index in [0.29, 0.717) is 17.7 Å². The Morgan fingerprint density at radius 1 is 1.11 bits per heavy atom. The molecule has 1 heterocycles. The van der Waals surface area contributed by atoms with E-state index >= 15 is 0 Å². The number of halogens is 1. The van der Waals surface area contributed by atoms with Gasteiger partial charge in [-0.15, -0.1) is 11.3 Å².